The maximum Gasteiger partial charge on any atom is 0.123 e. The second kappa shape index (κ2) is 5.97. The molecule has 2 aliphatic rings. The van der Waals surface area contributed by atoms with Crippen LogP contribution >= 0.6 is 0 Å². The van der Waals surface area contributed by atoms with Crippen LogP contribution in [0.4, 0.5) is 4.39 Å². The van der Waals surface area contributed by atoms with Crippen LogP contribution in [0.2, 0.25) is 0 Å². The maximum absolute atomic E-state index is 13.1. The van der Waals surface area contributed by atoms with E-state index in [1.165, 1.54) is 37.1 Å². The fourth-order valence-electron chi connectivity index (χ4n) is 3.90. The number of benzene rings is 2. The lowest BCUT2D eigenvalue weighted by atomic mass is 9.91. The average molecular weight is 311 g/mol. The van der Waals surface area contributed by atoms with Gasteiger partial charge in [0.15, 0.2) is 0 Å². The SMILES string of the molecule is CN1CCC[C@@H]1CC1COc2ccc(-c3ccc(F)cc3)cc21. The van der Waals surface area contributed by atoms with Gasteiger partial charge in [-0.1, -0.05) is 18.2 Å². The Morgan fingerprint density at radius 3 is 2.65 bits per heavy atom. The lowest BCUT2D eigenvalue weighted by Crippen LogP contribution is -2.27. The molecule has 1 unspecified atom stereocenters. The molecule has 2 aliphatic heterocycles. The summed E-state index contributed by atoms with van der Waals surface area (Å²) >= 11 is 0. The molecular formula is C20H22FNO. The Morgan fingerprint density at radius 2 is 1.91 bits per heavy atom. The monoisotopic (exact) mass is 311 g/mol. The lowest BCUT2D eigenvalue weighted by Gasteiger charge is -2.22. The first kappa shape index (κ1) is 14.7. The van der Waals surface area contributed by atoms with E-state index in [-0.39, 0.29) is 5.82 Å². The number of rotatable bonds is 3. The minimum atomic E-state index is -0.194. The van der Waals surface area contributed by atoms with Crippen molar-refractivity contribution in [2.75, 3.05) is 20.2 Å². The fourth-order valence-corrected chi connectivity index (χ4v) is 3.90. The highest BCUT2D eigenvalue weighted by molar-refractivity contribution is 5.66. The Morgan fingerprint density at radius 1 is 1.13 bits per heavy atom. The highest BCUT2D eigenvalue weighted by Crippen LogP contribution is 2.40. The molecule has 0 radical (unpaired) electrons. The average Bonchev–Trinajstić information content (AvgIpc) is 3.15. The number of nitrogens with zero attached hydrogens (tertiary/aromatic N) is 1. The molecule has 2 aromatic carbocycles. The van der Waals surface area contributed by atoms with Crippen molar-refractivity contribution < 1.29 is 9.13 Å². The molecule has 4 rings (SSSR count). The Bertz CT molecular complexity index is 697. The smallest absolute Gasteiger partial charge is 0.123 e. The highest BCUT2D eigenvalue weighted by atomic mass is 19.1. The van der Waals surface area contributed by atoms with Crippen LogP contribution in [0.25, 0.3) is 11.1 Å². The molecule has 0 spiro atoms. The number of ether oxygens (including phenoxy) is 1. The zero-order chi connectivity index (χ0) is 15.8. The fraction of sp³-hybridized carbons (Fsp3) is 0.400. The third kappa shape index (κ3) is 2.86. The summed E-state index contributed by atoms with van der Waals surface area (Å²) in [5.41, 5.74) is 3.50. The van der Waals surface area contributed by atoms with Crippen LogP contribution < -0.4 is 4.74 Å². The number of likely N-dealkylation sites (tertiary alicyclic amines) is 1. The van der Waals surface area contributed by atoms with Gasteiger partial charge >= 0.3 is 0 Å². The summed E-state index contributed by atoms with van der Waals surface area (Å²) < 4.78 is 19.0. The second-order valence-corrected chi connectivity index (χ2v) is 6.78. The van der Waals surface area contributed by atoms with E-state index in [0.717, 1.165) is 29.9 Å². The van der Waals surface area contributed by atoms with E-state index >= 15 is 0 Å². The summed E-state index contributed by atoms with van der Waals surface area (Å²) in [5, 5.41) is 0. The summed E-state index contributed by atoms with van der Waals surface area (Å²) in [6.07, 6.45) is 3.76. The Kier molecular flexibility index (Phi) is 3.82. The molecule has 2 aromatic rings. The Hall–Kier alpha value is -1.87. The van der Waals surface area contributed by atoms with Crippen LogP contribution in [0.5, 0.6) is 5.75 Å². The van der Waals surface area contributed by atoms with Crippen molar-refractivity contribution in [1.29, 1.82) is 0 Å². The number of hydrogen-bond acceptors (Lipinski definition) is 2. The van der Waals surface area contributed by atoms with Crippen LogP contribution in [-0.4, -0.2) is 31.1 Å². The molecule has 0 N–H and O–H groups in total. The van der Waals surface area contributed by atoms with E-state index < -0.39 is 0 Å². The first-order chi connectivity index (χ1) is 11.2. The topological polar surface area (TPSA) is 12.5 Å². The largest absolute Gasteiger partial charge is 0.493 e. The van der Waals surface area contributed by atoms with E-state index in [0.29, 0.717) is 12.0 Å². The molecule has 2 atom stereocenters. The van der Waals surface area contributed by atoms with Gasteiger partial charge in [-0.25, -0.2) is 4.39 Å². The quantitative estimate of drug-likeness (QED) is 0.830. The van der Waals surface area contributed by atoms with Crippen molar-refractivity contribution >= 4 is 0 Å². The predicted molar refractivity (Wildman–Crippen MR) is 90.3 cm³/mol. The van der Waals surface area contributed by atoms with Crippen LogP contribution in [-0.2, 0) is 0 Å². The van der Waals surface area contributed by atoms with Crippen LogP contribution in [0, 0.1) is 5.82 Å². The van der Waals surface area contributed by atoms with Gasteiger partial charge < -0.3 is 9.64 Å². The van der Waals surface area contributed by atoms with Gasteiger partial charge in [0.1, 0.15) is 11.6 Å². The zero-order valence-electron chi connectivity index (χ0n) is 13.5. The first-order valence-corrected chi connectivity index (χ1v) is 8.43. The number of hydrogen-bond donors (Lipinski definition) is 0. The van der Waals surface area contributed by atoms with Crippen molar-refractivity contribution in [3.63, 3.8) is 0 Å². The normalized spacial score (nSPS) is 23.7. The molecule has 3 heteroatoms. The molecule has 120 valence electrons. The summed E-state index contributed by atoms with van der Waals surface area (Å²) in [6, 6.07) is 13.7. The van der Waals surface area contributed by atoms with Crippen molar-refractivity contribution in [2.45, 2.75) is 31.2 Å². The standard InChI is InChI=1S/C20H22FNO/c1-22-10-2-3-18(22)11-16-13-23-20-9-6-15(12-19(16)20)14-4-7-17(21)8-5-14/h4-9,12,16,18H,2-3,10-11,13H2,1H3/t16?,18-/m1/s1. The Labute approximate surface area is 136 Å². The van der Waals surface area contributed by atoms with Crippen molar-refractivity contribution in [1.82, 2.24) is 4.90 Å². The molecular weight excluding hydrogens is 289 g/mol. The van der Waals surface area contributed by atoms with E-state index in [4.69, 9.17) is 4.74 Å². The molecule has 0 aliphatic carbocycles. The van der Waals surface area contributed by atoms with Crippen LogP contribution in [0.15, 0.2) is 42.5 Å². The molecule has 1 saturated heterocycles. The van der Waals surface area contributed by atoms with Crippen molar-refractivity contribution in [2.24, 2.45) is 0 Å². The molecule has 0 saturated carbocycles. The molecule has 2 heterocycles. The maximum atomic E-state index is 13.1. The van der Waals surface area contributed by atoms with Gasteiger partial charge in [0, 0.05) is 17.5 Å². The summed E-state index contributed by atoms with van der Waals surface area (Å²) in [6.45, 7) is 1.99. The van der Waals surface area contributed by atoms with Crippen LogP contribution in [0.1, 0.15) is 30.7 Å². The van der Waals surface area contributed by atoms with Crippen molar-refractivity contribution in [3.8, 4) is 16.9 Å². The van der Waals surface area contributed by atoms with Gasteiger partial charge in [0.25, 0.3) is 0 Å². The highest BCUT2D eigenvalue weighted by Gasteiger charge is 2.30. The van der Waals surface area contributed by atoms with Crippen LogP contribution in [0.3, 0.4) is 0 Å². The van der Waals surface area contributed by atoms with Gasteiger partial charge in [0.05, 0.1) is 6.61 Å². The molecule has 0 amide bonds. The minimum absolute atomic E-state index is 0.194. The number of halogens is 1. The van der Waals surface area contributed by atoms with Gasteiger partial charge in [0.2, 0.25) is 0 Å². The molecule has 0 aromatic heterocycles. The van der Waals surface area contributed by atoms with Gasteiger partial charge in [-0.3, -0.25) is 0 Å². The zero-order valence-corrected chi connectivity index (χ0v) is 13.5. The molecule has 2 nitrogen and oxygen atoms in total. The van der Waals surface area contributed by atoms with E-state index in [1.54, 1.807) is 0 Å². The van der Waals surface area contributed by atoms with E-state index in [9.17, 15) is 4.39 Å². The van der Waals surface area contributed by atoms with Gasteiger partial charge in [-0.2, -0.15) is 0 Å². The number of fused-ring (bicyclic) bond motifs is 1. The first-order valence-electron chi connectivity index (χ1n) is 8.43. The van der Waals surface area contributed by atoms with Gasteiger partial charge in [-0.05, 0) is 68.2 Å². The Balaban J connectivity index is 1.60. The van der Waals surface area contributed by atoms with E-state index in [2.05, 4.69) is 30.1 Å². The minimum Gasteiger partial charge on any atom is -0.493 e. The molecule has 1 fully saturated rings. The third-order valence-corrected chi connectivity index (χ3v) is 5.30. The van der Waals surface area contributed by atoms with Crippen molar-refractivity contribution in [3.05, 3.63) is 53.8 Å². The molecule has 0 bridgehead atoms. The third-order valence-electron chi connectivity index (χ3n) is 5.30. The summed E-state index contributed by atoms with van der Waals surface area (Å²) in [7, 11) is 2.23. The predicted octanol–water partition coefficient (Wildman–Crippen LogP) is 4.45. The van der Waals surface area contributed by atoms with Gasteiger partial charge in [-0.15, -0.1) is 0 Å². The summed E-state index contributed by atoms with van der Waals surface area (Å²) in [5.74, 6) is 1.29. The van der Waals surface area contributed by atoms with E-state index in [1.807, 2.05) is 12.1 Å². The lowest BCUT2D eigenvalue weighted by molar-refractivity contribution is 0.257. The molecule has 23 heavy (non-hydrogen) atoms. The summed E-state index contributed by atoms with van der Waals surface area (Å²) in [4.78, 5) is 2.47. The second-order valence-electron chi connectivity index (χ2n) is 6.78.